The highest BCUT2D eigenvalue weighted by Crippen LogP contribution is 2.29. The van der Waals surface area contributed by atoms with Gasteiger partial charge in [-0.05, 0) is 62.1 Å². The smallest absolute Gasteiger partial charge is 0.257 e. The molecule has 30 heavy (non-hydrogen) atoms. The van der Waals surface area contributed by atoms with E-state index in [0.717, 1.165) is 41.5 Å². The number of anilines is 1. The largest absolute Gasteiger partial charge is 0.298 e. The minimum absolute atomic E-state index is 0.00114. The summed E-state index contributed by atoms with van der Waals surface area (Å²) in [6.45, 7) is 4.57. The van der Waals surface area contributed by atoms with Crippen molar-refractivity contribution < 1.29 is 13.2 Å². The number of rotatable bonds is 5. The van der Waals surface area contributed by atoms with Crippen LogP contribution >= 0.6 is 11.3 Å². The van der Waals surface area contributed by atoms with Gasteiger partial charge in [0.1, 0.15) is 0 Å². The number of piperidine rings is 1. The molecule has 1 fully saturated rings. The Morgan fingerprint density at radius 2 is 1.97 bits per heavy atom. The fourth-order valence-electron chi connectivity index (χ4n) is 3.86. The van der Waals surface area contributed by atoms with E-state index in [0.29, 0.717) is 17.2 Å². The molecule has 1 N–H and O–H groups in total. The number of aryl methyl sites for hydroxylation is 1. The number of para-hydroxylation sites is 1. The van der Waals surface area contributed by atoms with Gasteiger partial charge >= 0.3 is 0 Å². The highest BCUT2D eigenvalue weighted by molar-refractivity contribution is 7.89. The Labute approximate surface area is 181 Å². The average Bonchev–Trinajstić information content (AvgIpc) is 3.16. The molecule has 1 aliphatic heterocycles. The summed E-state index contributed by atoms with van der Waals surface area (Å²) in [5, 5.41) is 3.37. The number of nitrogens with zero attached hydrogens (tertiary/aromatic N) is 2. The van der Waals surface area contributed by atoms with Crippen molar-refractivity contribution in [1.29, 1.82) is 0 Å². The molecule has 1 saturated heterocycles. The summed E-state index contributed by atoms with van der Waals surface area (Å²) in [6, 6.07) is 12.2. The summed E-state index contributed by atoms with van der Waals surface area (Å²) in [4.78, 5) is 17.4. The minimum atomic E-state index is -3.55. The van der Waals surface area contributed by atoms with Gasteiger partial charge in [0.15, 0.2) is 5.13 Å². The van der Waals surface area contributed by atoms with Crippen LogP contribution in [0.25, 0.3) is 10.2 Å². The molecule has 0 radical (unpaired) electrons. The van der Waals surface area contributed by atoms with Gasteiger partial charge in [-0.15, -0.1) is 0 Å². The first-order chi connectivity index (χ1) is 14.4. The number of carbonyl (C=O) groups is 1. The molecule has 0 spiro atoms. The molecule has 1 atom stereocenters. The average molecular weight is 444 g/mol. The normalized spacial score (nSPS) is 17.9. The van der Waals surface area contributed by atoms with E-state index in [2.05, 4.69) is 17.2 Å². The maximum absolute atomic E-state index is 12.9. The van der Waals surface area contributed by atoms with Crippen LogP contribution < -0.4 is 5.32 Å². The summed E-state index contributed by atoms with van der Waals surface area (Å²) in [7, 11) is -3.55. The summed E-state index contributed by atoms with van der Waals surface area (Å²) >= 11 is 1.43. The van der Waals surface area contributed by atoms with E-state index in [1.807, 2.05) is 25.1 Å². The Bertz CT molecular complexity index is 1170. The topological polar surface area (TPSA) is 79.4 Å². The molecule has 0 aliphatic carbocycles. The molecule has 3 aromatic rings. The van der Waals surface area contributed by atoms with Crippen molar-refractivity contribution in [2.24, 2.45) is 0 Å². The van der Waals surface area contributed by atoms with Gasteiger partial charge in [0.25, 0.3) is 5.91 Å². The van der Waals surface area contributed by atoms with E-state index in [9.17, 15) is 13.2 Å². The predicted molar refractivity (Wildman–Crippen MR) is 121 cm³/mol. The van der Waals surface area contributed by atoms with Crippen molar-refractivity contribution in [2.45, 2.75) is 50.5 Å². The van der Waals surface area contributed by atoms with Crippen LogP contribution in [0.3, 0.4) is 0 Å². The fourth-order valence-corrected chi connectivity index (χ4v) is 6.46. The molecular formula is C22H25N3O3S2. The summed E-state index contributed by atoms with van der Waals surface area (Å²) < 4.78 is 28.5. The second kappa shape index (κ2) is 8.45. The quantitative estimate of drug-likeness (QED) is 0.621. The third-order valence-electron chi connectivity index (χ3n) is 5.57. The molecule has 8 heteroatoms. The lowest BCUT2D eigenvalue weighted by Gasteiger charge is -2.32. The Morgan fingerprint density at radius 1 is 1.20 bits per heavy atom. The zero-order chi connectivity index (χ0) is 21.3. The number of sulfonamides is 1. The van der Waals surface area contributed by atoms with Gasteiger partial charge in [0.05, 0.1) is 15.1 Å². The summed E-state index contributed by atoms with van der Waals surface area (Å²) in [5.41, 5.74) is 2.46. The maximum Gasteiger partial charge on any atom is 0.257 e. The van der Waals surface area contributed by atoms with Crippen molar-refractivity contribution in [3.63, 3.8) is 0 Å². The summed E-state index contributed by atoms with van der Waals surface area (Å²) in [6.07, 6.45) is 3.69. The number of carbonyl (C=O) groups excluding carboxylic acids is 1. The Morgan fingerprint density at radius 3 is 2.67 bits per heavy atom. The number of hydrogen-bond acceptors (Lipinski definition) is 5. The summed E-state index contributed by atoms with van der Waals surface area (Å²) in [5.74, 6) is -0.303. The SMILES string of the molecule is CCc1cccc2sc(NC(=O)c3ccc(S(=O)(=O)N4CCCC[C@H]4C)cc3)nc12. The van der Waals surface area contributed by atoms with E-state index in [1.54, 1.807) is 16.4 Å². The van der Waals surface area contributed by atoms with Gasteiger partial charge in [-0.1, -0.05) is 36.8 Å². The Kier molecular flexibility index (Phi) is 5.90. The highest BCUT2D eigenvalue weighted by Gasteiger charge is 2.30. The second-order valence-corrected chi connectivity index (χ2v) is 10.5. The van der Waals surface area contributed by atoms with Crippen molar-refractivity contribution >= 4 is 42.6 Å². The van der Waals surface area contributed by atoms with Gasteiger partial charge in [-0.2, -0.15) is 4.31 Å². The number of aromatic nitrogens is 1. The first-order valence-electron chi connectivity index (χ1n) is 10.2. The van der Waals surface area contributed by atoms with Crippen molar-refractivity contribution in [3.05, 3.63) is 53.6 Å². The van der Waals surface area contributed by atoms with Crippen molar-refractivity contribution in [2.75, 3.05) is 11.9 Å². The number of fused-ring (bicyclic) bond motifs is 1. The monoisotopic (exact) mass is 443 g/mol. The Hall–Kier alpha value is -2.29. The van der Waals surface area contributed by atoms with Crippen LogP contribution in [0.5, 0.6) is 0 Å². The number of hydrogen-bond donors (Lipinski definition) is 1. The fraction of sp³-hybridized carbons (Fsp3) is 0.364. The lowest BCUT2D eigenvalue weighted by molar-refractivity contribution is 0.102. The molecule has 2 aromatic carbocycles. The first-order valence-corrected chi connectivity index (χ1v) is 12.5. The van der Waals surface area contributed by atoms with Crippen LogP contribution in [0.15, 0.2) is 47.4 Å². The van der Waals surface area contributed by atoms with Gasteiger partial charge in [-0.25, -0.2) is 13.4 Å². The van der Waals surface area contributed by atoms with E-state index in [4.69, 9.17) is 0 Å². The van der Waals surface area contributed by atoms with Crippen molar-refractivity contribution in [3.8, 4) is 0 Å². The molecule has 2 heterocycles. The minimum Gasteiger partial charge on any atom is -0.298 e. The molecule has 1 aromatic heterocycles. The second-order valence-electron chi connectivity index (χ2n) is 7.58. The van der Waals surface area contributed by atoms with E-state index in [-0.39, 0.29) is 16.8 Å². The highest BCUT2D eigenvalue weighted by atomic mass is 32.2. The van der Waals surface area contributed by atoms with Crippen LogP contribution in [0.1, 0.15) is 49.0 Å². The van der Waals surface area contributed by atoms with Gasteiger partial charge in [0.2, 0.25) is 10.0 Å². The number of benzene rings is 2. The zero-order valence-corrected chi connectivity index (χ0v) is 18.7. The lowest BCUT2D eigenvalue weighted by atomic mass is 10.1. The first kappa shape index (κ1) is 21.0. The predicted octanol–water partition coefficient (Wildman–Crippen LogP) is 4.67. The standard InChI is InChI=1S/C22H25N3O3S2/c1-3-16-8-6-9-19-20(16)23-22(29-19)24-21(26)17-10-12-18(13-11-17)30(27,28)25-14-5-4-7-15(25)2/h6,8-13,15H,3-5,7,14H2,1-2H3,(H,23,24,26)/t15-/m1/s1. The van der Waals surface area contributed by atoms with Crippen LogP contribution in [0, 0.1) is 0 Å². The third-order valence-corrected chi connectivity index (χ3v) is 8.53. The zero-order valence-electron chi connectivity index (χ0n) is 17.1. The van der Waals surface area contributed by atoms with E-state index < -0.39 is 10.0 Å². The third kappa shape index (κ3) is 3.99. The molecule has 0 saturated carbocycles. The molecule has 1 aliphatic rings. The van der Waals surface area contributed by atoms with Crippen molar-refractivity contribution in [1.82, 2.24) is 9.29 Å². The molecule has 4 rings (SSSR count). The van der Waals surface area contributed by atoms with Crippen LogP contribution in [-0.4, -0.2) is 36.2 Å². The van der Waals surface area contributed by atoms with Crippen LogP contribution in [0.2, 0.25) is 0 Å². The molecule has 6 nitrogen and oxygen atoms in total. The maximum atomic E-state index is 12.9. The van der Waals surface area contributed by atoms with Gasteiger partial charge in [0, 0.05) is 18.2 Å². The Balaban J connectivity index is 1.52. The molecule has 1 amide bonds. The van der Waals surface area contributed by atoms with Gasteiger partial charge in [-0.3, -0.25) is 10.1 Å². The van der Waals surface area contributed by atoms with Crippen LogP contribution in [0.4, 0.5) is 5.13 Å². The molecular weight excluding hydrogens is 418 g/mol. The van der Waals surface area contributed by atoms with E-state index in [1.165, 1.54) is 23.5 Å². The lowest BCUT2D eigenvalue weighted by Crippen LogP contribution is -2.41. The van der Waals surface area contributed by atoms with Crippen LogP contribution in [-0.2, 0) is 16.4 Å². The molecule has 0 bridgehead atoms. The van der Waals surface area contributed by atoms with E-state index >= 15 is 0 Å². The molecule has 0 unspecified atom stereocenters. The number of nitrogens with one attached hydrogen (secondary N) is 1. The number of thiazole rings is 1. The molecule has 158 valence electrons. The van der Waals surface area contributed by atoms with Gasteiger partial charge < -0.3 is 0 Å². The number of amides is 1.